The molecule has 7 heteroatoms. The van der Waals surface area contributed by atoms with Crippen LogP contribution in [0.15, 0.2) is 69.9 Å². The summed E-state index contributed by atoms with van der Waals surface area (Å²) >= 11 is 8.74. The lowest BCUT2D eigenvalue weighted by Gasteiger charge is -2.12. The zero-order valence-electron chi connectivity index (χ0n) is 13.4. The van der Waals surface area contributed by atoms with Crippen molar-refractivity contribution in [3.8, 4) is 5.69 Å². The molecule has 0 unspecified atom stereocenters. The van der Waals surface area contributed by atoms with Crippen molar-refractivity contribution in [1.82, 2.24) is 9.55 Å². The smallest absolute Gasteiger partial charge is 0.267 e. The van der Waals surface area contributed by atoms with Gasteiger partial charge in [-0.05, 0) is 53.4 Å². The Hall–Kier alpha value is -2.15. The summed E-state index contributed by atoms with van der Waals surface area (Å²) in [7, 11) is 0. The van der Waals surface area contributed by atoms with E-state index in [1.165, 1.54) is 35.2 Å². The maximum Gasteiger partial charge on any atom is 0.276 e. The number of rotatable bonds is 4. The Morgan fingerprint density at radius 2 is 1.96 bits per heavy atom. The molecule has 2 aromatic heterocycles. The monoisotopic (exact) mass is 402 g/mol. The van der Waals surface area contributed by atoms with Crippen molar-refractivity contribution in [2.24, 2.45) is 0 Å². The summed E-state index contributed by atoms with van der Waals surface area (Å²) in [6.45, 7) is 0. The van der Waals surface area contributed by atoms with Gasteiger partial charge in [-0.3, -0.25) is 9.36 Å². The van der Waals surface area contributed by atoms with Crippen molar-refractivity contribution >= 4 is 44.9 Å². The minimum Gasteiger partial charge on any atom is -0.267 e. The Morgan fingerprint density at radius 1 is 1.15 bits per heavy atom. The number of benzene rings is 2. The van der Waals surface area contributed by atoms with Crippen molar-refractivity contribution in [3.05, 3.63) is 86.7 Å². The van der Waals surface area contributed by atoms with Gasteiger partial charge in [0.15, 0.2) is 5.16 Å². The summed E-state index contributed by atoms with van der Waals surface area (Å²) in [4.78, 5) is 17.6. The molecule has 0 saturated heterocycles. The second-order valence-corrected chi connectivity index (χ2v) is 7.86. The van der Waals surface area contributed by atoms with E-state index in [1.54, 1.807) is 34.9 Å². The number of nitrogens with zero attached hydrogens (tertiary/aromatic N) is 2. The Kier molecular flexibility index (Phi) is 4.80. The van der Waals surface area contributed by atoms with E-state index in [0.29, 0.717) is 31.8 Å². The zero-order chi connectivity index (χ0) is 18.1. The maximum absolute atomic E-state index is 13.4. The van der Waals surface area contributed by atoms with Crippen LogP contribution in [0.2, 0.25) is 5.02 Å². The second kappa shape index (κ2) is 7.23. The number of fused-ring (bicyclic) bond motifs is 1. The Labute approximate surface area is 162 Å². The van der Waals surface area contributed by atoms with E-state index < -0.39 is 0 Å². The summed E-state index contributed by atoms with van der Waals surface area (Å²) in [5, 5.41) is 3.01. The maximum atomic E-state index is 13.4. The molecular weight excluding hydrogens is 391 g/mol. The van der Waals surface area contributed by atoms with Crippen LogP contribution in [0.1, 0.15) is 5.56 Å². The molecule has 0 radical (unpaired) electrons. The minimum atomic E-state index is -0.278. The van der Waals surface area contributed by atoms with Crippen LogP contribution in [-0.2, 0) is 5.75 Å². The SMILES string of the molecule is O=c1c2sccc2nc(SCc2cccc(F)c2)n1-c1ccc(Cl)cc1. The average Bonchev–Trinajstić information content (AvgIpc) is 3.10. The molecule has 0 atom stereocenters. The van der Waals surface area contributed by atoms with Crippen molar-refractivity contribution in [2.45, 2.75) is 10.9 Å². The normalized spacial score (nSPS) is 11.2. The molecule has 2 heterocycles. The van der Waals surface area contributed by atoms with Crippen LogP contribution in [0.3, 0.4) is 0 Å². The van der Waals surface area contributed by atoms with Gasteiger partial charge in [-0.15, -0.1) is 11.3 Å². The highest BCUT2D eigenvalue weighted by Gasteiger charge is 2.14. The largest absolute Gasteiger partial charge is 0.276 e. The second-order valence-electron chi connectivity index (χ2n) is 5.56. The van der Waals surface area contributed by atoms with Gasteiger partial charge >= 0.3 is 0 Å². The summed E-state index contributed by atoms with van der Waals surface area (Å²) in [5.41, 5.74) is 2.09. The van der Waals surface area contributed by atoms with Crippen molar-refractivity contribution in [2.75, 3.05) is 0 Å². The van der Waals surface area contributed by atoms with Crippen LogP contribution in [-0.4, -0.2) is 9.55 Å². The molecule has 3 nitrogen and oxygen atoms in total. The summed E-state index contributed by atoms with van der Waals surface area (Å²) < 4.78 is 15.6. The van der Waals surface area contributed by atoms with Crippen LogP contribution in [0.4, 0.5) is 4.39 Å². The van der Waals surface area contributed by atoms with Gasteiger partial charge in [-0.2, -0.15) is 0 Å². The van der Waals surface area contributed by atoms with Gasteiger partial charge < -0.3 is 0 Å². The van der Waals surface area contributed by atoms with E-state index in [4.69, 9.17) is 11.6 Å². The fraction of sp³-hybridized carbons (Fsp3) is 0.0526. The van der Waals surface area contributed by atoms with E-state index in [9.17, 15) is 9.18 Å². The van der Waals surface area contributed by atoms with E-state index >= 15 is 0 Å². The predicted molar refractivity (Wildman–Crippen MR) is 106 cm³/mol. The lowest BCUT2D eigenvalue weighted by Crippen LogP contribution is -2.20. The molecular formula is C19H12ClFN2OS2. The van der Waals surface area contributed by atoms with Crippen LogP contribution >= 0.6 is 34.7 Å². The molecule has 0 spiro atoms. The fourth-order valence-corrected chi connectivity index (χ4v) is 4.42. The van der Waals surface area contributed by atoms with Gasteiger partial charge in [0.25, 0.3) is 5.56 Å². The summed E-state index contributed by atoms with van der Waals surface area (Å²) in [6, 6.07) is 15.3. The Balaban J connectivity index is 1.80. The molecule has 130 valence electrons. The highest BCUT2D eigenvalue weighted by molar-refractivity contribution is 7.98. The Morgan fingerprint density at radius 3 is 2.73 bits per heavy atom. The van der Waals surface area contributed by atoms with Gasteiger partial charge in [0.05, 0.1) is 11.2 Å². The molecule has 0 aliphatic carbocycles. The van der Waals surface area contributed by atoms with Gasteiger partial charge in [-0.25, -0.2) is 9.37 Å². The third kappa shape index (κ3) is 3.40. The number of hydrogen-bond acceptors (Lipinski definition) is 4. The quantitative estimate of drug-likeness (QED) is 0.332. The number of hydrogen-bond donors (Lipinski definition) is 0. The number of halogens is 2. The molecule has 0 fully saturated rings. The van der Waals surface area contributed by atoms with Crippen LogP contribution in [0.25, 0.3) is 15.9 Å². The molecule has 0 amide bonds. The predicted octanol–water partition coefficient (Wildman–Crippen LogP) is 5.53. The first-order valence-corrected chi connectivity index (χ1v) is 9.99. The van der Waals surface area contributed by atoms with Crippen molar-refractivity contribution in [3.63, 3.8) is 0 Å². The van der Waals surface area contributed by atoms with E-state index in [0.717, 1.165) is 5.56 Å². The molecule has 0 N–H and O–H groups in total. The highest BCUT2D eigenvalue weighted by Crippen LogP contribution is 2.26. The molecule has 4 aromatic rings. The highest BCUT2D eigenvalue weighted by atomic mass is 35.5. The van der Waals surface area contributed by atoms with Gasteiger partial charge in [0, 0.05) is 10.8 Å². The van der Waals surface area contributed by atoms with Crippen LogP contribution < -0.4 is 5.56 Å². The standard InChI is InChI=1S/C19H12ClFN2OS2/c20-13-4-6-15(7-5-13)23-18(24)17-16(8-9-25-17)22-19(23)26-11-12-2-1-3-14(21)10-12/h1-10H,11H2. The van der Waals surface area contributed by atoms with Crippen LogP contribution in [0, 0.1) is 5.82 Å². The topological polar surface area (TPSA) is 34.9 Å². The first-order valence-electron chi connectivity index (χ1n) is 7.75. The number of thioether (sulfide) groups is 1. The Bertz CT molecular complexity index is 1140. The third-order valence-corrected chi connectivity index (χ3v) is 5.94. The molecule has 26 heavy (non-hydrogen) atoms. The lowest BCUT2D eigenvalue weighted by molar-refractivity contribution is 0.626. The molecule has 0 bridgehead atoms. The third-order valence-electron chi connectivity index (χ3n) is 3.79. The first-order chi connectivity index (χ1) is 12.6. The van der Waals surface area contributed by atoms with Crippen molar-refractivity contribution in [1.29, 1.82) is 0 Å². The van der Waals surface area contributed by atoms with Gasteiger partial charge in [-0.1, -0.05) is 35.5 Å². The average molecular weight is 403 g/mol. The summed E-state index contributed by atoms with van der Waals surface area (Å²) in [5.74, 6) is 0.229. The molecule has 0 aliphatic heterocycles. The van der Waals surface area contributed by atoms with Gasteiger partial charge in [0.2, 0.25) is 0 Å². The van der Waals surface area contributed by atoms with Gasteiger partial charge in [0.1, 0.15) is 10.5 Å². The first kappa shape index (κ1) is 17.3. The van der Waals surface area contributed by atoms with Crippen LogP contribution in [0.5, 0.6) is 0 Å². The minimum absolute atomic E-state index is 0.117. The van der Waals surface area contributed by atoms with E-state index in [-0.39, 0.29) is 11.4 Å². The number of thiophene rings is 1. The number of aromatic nitrogens is 2. The van der Waals surface area contributed by atoms with E-state index in [2.05, 4.69) is 4.98 Å². The molecule has 4 rings (SSSR count). The fourth-order valence-electron chi connectivity index (χ4n) is 2.58. The summed E-state index contributed by atoms with van der Waals surface area (Å²) in [6.07, 6.45) is 0. The zero-order valence-corrected chi connectivity index (χ0v) is 15.7. The van der Waals surface area contributed by atoms with E-state index in [1.807, 2.05) is 17.5 Å². The van der Waals surface area contributed by atoms with Crippen molar-refractivity contribution < 1.29 is 4.39 Å². The lowest BCUT2D eigenvalue weighted by atomic mass is 10.2. The molecule has 0 saturated carbocycles. The molecule has 2 aromatic carbocycles. The molecule has 0 aliphatic rings.